The lowest BCUT2D eigenvalue weighted by Crippen LogP contribution is -2.34. The summed E-state index contributed by atoms with van der Waals surface area (Å²) in [6.45, 7) is 6.05. The van der Waals surface area contributed by atoms with Gasteiger partial charge in [0.2, 0.25) is 0 Å². The topological polar surface area (TPSA) is 64.0 Å². The molecule has 2 aliphatic rings. The summed E-state index contributed by atoms with van der Waals surface area (Å²) in [7, 11) is 0. The number of hydrogen-bond donors (Lipinski definition) is 2. The molecule has 0 bridgehead atoms. The number of aliphatic hydroxyl groups is 2. The molecular formula is C19H28N2O3. The van der Waals surface area contributed by atoms with Crippen LogP contribution in [0.15, 0.2) is 24.3 Å². The number of carbonyl (C=O) groups is 1. The van der Waals surface area contributed by atoms with E-state index in [2.05, 4.69) is 4.90 Å². The summed E-state index contributed by atoms with van der Waals surface area (Å²) < 4.78 is 0. The minimum absolute atomic E-state index is 0.00286. The summed E-state index contributed by atoms with van der Waals surface area (Å²) in [5.41, 5.74) is 1.15. The Balaban J connectivity index is 1.55. The molecular weight excluding hydrogens is 304 g/mol. The van der Waals surface area contributed by atoms with Crippen LogP contribution < -0.4 is 0 Å². The molecule has 2 fully saturated rings. The number of rotatable bonds is 4. The van der Waals surface area contributed by atoms with Crippen molar-refractivity contribution in [1.82, 2.24) is 9.80 Å². The molecule has 1 aromatic rings. The van der Waals surface area contributed by atoms with Crippen LogP contribution >= 0.6 is 0 Å². The van der Waals surface area contributed by atoms with Crippen LogP contribution in [0.2, 0.25) is 0 Å². The fourth-order valence-electron chi connectivity index (χ4n) is 3.64. The van der Waals surface area contributed by atoms with Crippen LogP contribution in [-0.4, -0.2) is 64.3 Å². The van der Waals surface area contributed by atoms with E-state index < -0.39 is 5.60 Å². The van der Waals surface area contributed by atoms with Crippen LogP contribution in [0, 0.1) is 5.92 Å². The van der Waals surface area contributed by atoms with Crippen molar-refractivity contribution < 1.29 is 15.0 Å². The predicted octanol–water partition coefficient (Wildman–Crippen LogP) is 1.49. The van der Waals surface area contributed by atoms with Crippen molar-refractivity contribution in [1.29, 1.82) is 0 Å². The lowest BCUT2D eigenvalue weighted by Gasteiger charge is -2.31. The molecule has 0 aliphatic carbocycles. The van der Waals surface area contributed by atoms with Gasteiger partial charge >= 0.3 is 0 Å². The average Bonchev–Trinajstić information content (AvgIpc) is 2.95. The van der Waals surface area contributed by atoms with Gasteiger partial charge in [0.05, 0.1) is 5.60 Å². The van der Waals surface area contributed by atoms with E-state index in [1.165, 1.54) is 5.56 Å². The van der Waals surface area contributed by atoms with Crippen LogP contribution in [0.25, 0.3) is 0 Å². The SMILES string of the molecule is CC1(O)CCN(C(=O)c2ccc(CN3CCC(CO)CC3)cc2)C1. The number of carbonyl (C=O) groups excluding carboxylic acids is 1. The van der Waals surface area contributed by atoms with Gasteiger partial charge in [-0.05, 0) is 62.9 Å². The van der Waals surface area contributed by atoms with E-state index in [1.807, 2.05) is 24.3 Å². The molecule has 2 N–H and O–H groups in total. The molecule has 132 valence electrons. The maximum atomic E-state index is 12.5. The molecule has 1 unspecified atom stereocenters. The van der Waals surface area contributed by atoms with Gasteiger partial charge in [0.15, 0.2) is 0 Å². The fourth-order valence-corrected chi connectivity index (χ4v) is 3.64. The first-order valence-electron chi connectivity index (χ1n) is 8.91. The van der Waals surface area contributed by atoms with Gasteiger partial charge in [0.25, 0.3) is 5.91 Å². The summed E-state index contributed by atoms with van der Waals surface area (Å²) >= 11 is 0. The predicted molar refractivity (Wildman–Crippen MR) is 92.7 cm³/mol. The largest absolute Gasteiger partial charge is 0.396 e. The quantitative estimate of drug-likeness (QED) is 0.877. The number of hydrogen-bond acceptors (Lipinski definition) is 4. The Morgan fingerprint density at radius 1 is 1.21 bits per heavy atom. The van der Waals surface area contributed by atoms with Gasteiger partial charge in [-0.1, -0.05) is 12.1 Å². The zero-order valence-corrected chi connectivity index (χ0v) is 14.4. The lowest BCUT2D eigenvalue weighted by molar-refractivity contribution is 0.0572. The minimum Gasteiger partial charge on any atom is -0.396 e. The second kappa shape index (κ2) is 7.21. The number of benzene rings is 1. The summed E-state index contributed by atoms with van der Waals surface area (Å²) in [6, 6.07) is 7.84. The highest BCUT2D eigenvalue weighted by Gasteiger charge is 2.34. The van der Waals surface area contributed by atoms with Crippen molar-refractivity contribution in [2.24, 2.45) is 5.92 Å². The average molecular weight is 332 g/mol. The number of nitrogens with zero attached hydrogens (tertiary/aromatic N) is 2. The molecule has 3 rings (SSSR count). The molecule has 5 heteroatoms. The van der Waals surface area contributed by atoms with Gasteiger partial charge in [0.1, 0.15) is 0 Å². The van der Waals surface area contributed by atoms with Crippen molar-refractivity contribution in [3.63, 3.8) is 0 Å². The third kappa shape index (κ3) is 4.15. The number of amides is 1. The van der Waals surface area contributed by atoms with E-state index in [0.717, 1.165) is 32.5 Å². The lowest BCUT2D eigenvalue weighted by atomic mass is 9.97. The van der Waals surface area contributed by atoms with E-state index in [1.54, 1.807) is 11.8 Å². The molecule has 0 spiro atoms. The Morgan fingerprint density at radius 3 is 2.42 bits per heavy atom. The highest BCUT2D eigenvalue weighted by Crippen LogP contribution is 2.23. The molecule has 1 aromatic carbocycles. The third-order valence-electron chi connectivity index (χ3n) is 5.31. The highest BCUT2D eigenvalue weighted by atomic mass is 16.3. The standard InChI is InChI=1S/C19H28N2O3/c1-19(24)8-11-21(14-19)18(23)17-4-2-15(3-5-17)12-20-9-6-16(13-22)7-10-20/h2-5,16,22,24H,6-14H2,1H3. The molecule has 2 aliphatic heterocycles. The second-order valence-corrected chi connectivity index (χ2v) is 7.57. The summed E-state index contributed by atoms with van der Waals surface area (Å²) in [5.74, 6) is 0.460. The molecule has 2 heterocycles. The number of likely N-dealkylation sites (tertiary alicyclic amines) is 2. The number of piperidine rings is 1. The second-order valence-electron chi connectivity index (χ2n) is 7.57. The van der Waals surface area contributed by atoms with E-state index in [0.29, 0.717) is 37.6 Å². The van der Waals surface area contributed by atoms with E-state index in [-0.39, 0.29) is 5.91 Å². The molecule has 24 heavy (non-hydrogen) atoms. The Labute approximate surface area is 143 Å². The maximum Gasteiger partial charge on any atom is 0.253 e. The van der Waals surface area contributed by atoms with Gasteiger partial charge in [-0.3, -0.25) is 9.69 Å². The molecule has 5 nitrogen and oxygen atoms in total. The zero-order chi connectivity index (χ0) is 17.2. The van der Waals surface area contributed by atoms with E-state index in [9.17, 15) is 15.0 Å². The molecule has 2 saturated heterocycles. The molecule has 0 radical (unpaired) electrons. The maximum absolute atomic E-state index is 12.5. The van der Waals surface area contributed by atoms with Crippen LogP contribution in [-0.2, 0) is 6.54 Å². The van der Waals surface area contributed by atoms with E-state index in [4.69, 9.17) is 0 Å². The molecule has 0 aromatic heterocycles. The molecule has 1 atom stereocenters. The van der Waals surface area contributed by atoms with Crippen molar-refractivity contribution in [2.75, 3.05) is 32.8 Å². The smallest absolute Gasteiger partial charge is 0.253 e. The monoisotopic (exact) mass is 332 g/mol. The first-order valence-corrected chi connectivity index (χ1v) is 8.91. The van der Waals surface area contributed by atoms with E-state index >= 15 is 0 Å². The summed E-state index contributed by atoms with van der Waals surface area (Å²) in [5, 5.41) is 19.2. The zero-order valence-electron chi connectivity index (χ0n) is 14.4. The van der Waals surface area contributed by atoms with Crippen molar-refractivity contribution in [3.05, 3.63) is 35.4 Å². The van der Waals surface area contributed by atoms with Crippen LogP contribution in [0.3, 0.4) is 0 Å². The summed E-state index contributed by atoms with van der Waals surface area (Å²) in [4.78, 5) is 16.6. The Bertz CT molecular complexity index is 562. The fraction of sp³-hybridized carbons (Fsp3) is 0.632. The Kier molecular flexibility index (Phi) is 5.23. The third-order valence-corrected chi connectivity index (χ3v) is 5.31. The summed E-state index contributed by atoms with van der Waals surface area (Å²) in [6.07, 6.45) is 2.75. The van der Waals surface area contributed by atoms with Crippen molar-refractivity contribution in [2.45, 2.75) is 38.3 Å². The number of β-amino-alcohol motifs (C(OH)–C–C–N with tert-alkyl or cyclic N) is 1. The highest BCUT2D eigenvalue weighted by molar-refractivity contribution is 5.94. The van der Waals surface area contributed by atoms with Gasteiger partial charge in [-0.2, -0.15) is 0 Å². The van der Waals surface area contributed by atoms with Crippen LogP contribution in [0.1, 0.15) is 42.1 Å². The van der Waals surface area contributed by atoms with Gasteiger partial charge < -0.3 is 15.1 Å². The van der Waals surface area contributed by atoms with Crippen molar-refractivity contribution >= 4 is 5.91 Å². The van der Waals surface area contributed by atoms with Crippen molar-refractivity contribution in [3.8, 4) is 0 Å². The van der Waals surface area contributed by atoms with Crippen LogP contribution in [0.5, 0.6) is 0 Å². The minimum atomic E-state index is -0.754. The number of aliphatic hydroxyl groups excluding tert-OH is 1. The Morgan fingerprint density at radius 2 is 1.88 bits per heavy atom. The van der Waals surface area contributed by atoms with Crippen LogP contribution in [0.4, 0.5) is 0 Å². The van der Waals surface area contributed by atoms with Gasteiger partial charge in [0, 0.05) is 31.8 Å². The van der Waals surface area contributed by atoms with Gasteiger partial charge in [-0.25, -0.2) is 0 Å². The molecule has 0 saturated carbocycles. The van der Waals surface area contributed by atoms with Gasteiger partial charge in [-0.15, -0.1) is 0 Å². The first-order chi connectivity index (χ1) is 11.5. The Hall–Kier alpha value is -1.43. The normalized spacial score (nSPS) is 26.0. The molecule has 1 amide bonds. The first kappa shape index (κ1) is 17.4.